The lowest BCUT2D eigenvalue weighted by molar-refractivity contribution is 0.0924. The summed E-state index contributed by atoms with van der Waals surface area (Å²) in [4.78, 5) is 11.3. The fourth-order valence-electron chi connectivity index (χ4n) is 1.61. The summed E-state index contributed by atoms with van der Waals surface area (Å²) in [5.74, 6) is 5.42. The monoisotopic (exact) mass is 268 g/mol. The number of aromatic nitrogens is 2. The normalized spacial score (nSPS) is 10.7. The molecule has 0 spiro atoms. The molecule has 0 saturated carbocycles. The molecular formula is C11H13ClN4O2. The van der Waals surface area contributed by atoms with E-state index in [1.807, 2.05) is 12.3 Å². The lowest BCUT2D eigenvalue weighted by Crippen LogP contribution is -2.29. The Morgan fingerprint density at radius 2 is 2.33 bits per heavy atom. The Labute approximate surface area is 109 Å². The van der Waals surface area contributed by atoms with E-state index in [0.717, 1.165) is 11.3 Å². The highest BCUT2D eigenvalue weighted by Gasteiger charge is 2.14. The van der Waals surface area contributed by atoms with Crippen LogP contribution < -0.4 is 11.3 Å². The third-order valence-electron chi connectivity index (χ3n) is 2.59. The topological polar surface area (TPSA) is 86.1 Å². The number of rotatable bonds is 3. The third kappa shape index (κ3) is 2.39. The van der Waals surface area contributed by atoms with Gasteiger partial charge in [-0.1, -0.05) is 11.6 Å². The summed E-state index contributed by atoms with van der Waals surface area (Å²) in [5, 5.41) is 4.85. The zero-order valence-electron chi connectivity index (χ0n) is 10.0. The van der Waals surface area contributed by atoms with Gasteiger partial charge in [0.15, 0.2) is 5.76 Å². The first kappa shape index (κ1) is 12.7. The van der Waals surface area contributed by atoms with Gasteiger partial charge in [0, 0.05) is 11.8 Å². The molecular weight excluding hydrogens is 256 g/mol. The fourth-order valence-corrected chi connectivity index (χ4v) is 1.76. The summed E-state index contributed by atoms with van der Waals surface area (Å²) in [6.07, 6.45) is 1.73. The van der Waals surface area contributed by atoms with Crippen LogP contribution in [0, 0.1) is 13.8 Å². The molecule has 7 heteroatoms. The van der Waals surface area contributed by atoms with Crippen molar-refractivity contribution >= 4 is 17.5 Å². The molecule has 3 N–H and O–H groups in total. The van der Waals surface area contributed by atoms with Gasteiger partial charge in [0.25, 0.3) is 0 Å². The molecule has 2 aromatic rings. The third-order valence-corrected chi connectivity index (χ3v) is 2.97. The molecule has 0 aliphatic heterocycles. The molecule has 18 heavy (non-hydrogen) atoms. The van der Waals surface area contributed by atoms with Crippen molar-refractivity contribution in [2.75, 3.05) is 0 Å². The van der Waals surface area contributed by atoms with Gasteiger partial charge in [0.1, 0.15) is 5.76 Å². The van der Waals surface area contributed by atoms with Crippen molar-refractivity contribution in [2.45, 2.75) is 20.4 Å². The van der Waals surface area contributed by atoms with Gasteiger partial charge in [0.05, 0.1) is 17.3 Å². The van der Waals surface area contributed by atoms with Crippen molar-refractivity contribution in [1.82, 2.24) is 15.2 Å². The first-order chi connectivity index (χ1) is 8.51. The van der Waals surface area contributed by atoms with E-state index in [1.165, 1.54) is 0 Å². The Balaban J connectivity index is 2.24. The standard InChI is InChI=1S/C11H13ClN4O2/c1-6-9(12)5-16(15-6)4-8-3-10(11(17)14-13)18-7(8)2/h3,5H,4,13H2,1-2H3,(H,14,17). The first-order valence-corrected chi connectivity index (χ1v) is 5.69. The molecule has 0 saturated heterocycles. The summed E-state index contributed by atoms with van der Waals surface area (Å²) < 4.78 is 7.00. The van der Waals surface area contributed by atoms with Crippen LogP contribution >= 0.6 is 11.6 Å². The Kier molecular flexibility index (Phi) is 3.40. The molecule has 0 aliphatic rings. The smallest absolute Gasteiger partial charge is 0.300 e. The van der Waals surface area contributed by atoms with Crippen molar-refractivity contribution in [1.29, 1.82) is 0 Å². The number of nitrogens with two attached hydrogens (primary N) is 1. The number of hydrogen-bond donors (Lipinski definition) is 2. The van der Waals surface area contributed by atoms with Gasteiger partial charge in [-0.05, 0) is 19.9 Å². The van der Waals surface area contributed by atoms with Crippen LogP contribution in [0.4, 0.5) is 0 Å². The van der Waals surface area contributed by atoms with E-state index in [-0.39, 0.29) is 5.76 Å². The number of aryl methyl sites for hydroxylation is 2. The Morgan fingerprint density at radius 3 is 2.89 bits per heavy atom. The van der Waals surface area contributed by atoms with E-state index in [1.54, 1.807) is 23.9 Å². The van der Waals surface area contributed by atoms with E-state index in [9.17, 15) is 4.79 Å². The molecule has 0 fully saturated rings. The maximum atomic E-state index is 11.3. The maximum absolute atomic E-state index is 11.3. The lowest BCUT2D eigenvalue weighted by Gasteiger charge is -1.98. The Hall–Kier alpha value is -1.79. The van der Waals surface area contributed by atoms with Crippen LogP contribution in [0.2, 0.25) is 5.02 Å². The van der Waals surface area contributed by atoms with Crippen LogP contribution in [0.5, 0.6) is 0 Å². The molecule has 6 nitrogen and oxygen atoms in total. The highest BCUT2D eigenvalue weighted by molar-refractivity contribution is 6.31. The summed E-state index contributed by atoms with van der Waals surface area (Å²) in [6.45, 7) is 4.09. The van der Waals surface area contributed by atoms with Gasteiger partial charge < -0.3 is 4.42 Å². The average molecular weight is 269 g/mol. The molecule has 0 bridgehead atoms. The molecule has 2 rings (SSSR count). The molecule has 0 aliphatic carbocycles. The van der Waals surface area contributed by atoms with E-state index >= 15 is 0 Å². The van der Waals surface area contributed by atoms with Crippen molar-refractivity contribution in [3.63, 3.8) is 0 Å². The van der Waals surface area contributed by atoms with Gasteiger partial charge in [-0.25, -0.2) is 5.84 Å². The van der Waals surface area contributed by atoms with Crippen LogP contribution in [0.3, 0.4) is 0 Å². The number of nitrogen functional groups attached to an aromatic ring is 1. The number of amides is 1. The molecule has 0 aromatic carbocycles. The van der Waals surface area contributed by atoms with Gasteiger partial charge in [-0.3, -0.25) is 14.9 Å². The van der Waals surface area contributed by atoms with E-state index in [4.69, 9.17) is 21.9 Å². The summed E-state index contributed by atoms with van der Waals surface area (Å²) >= 11 is 5.93. The number of furan rings is 1. The molecule has 0 unspecified atom stereocenters. The van der Waals surface area contributed by atoms with E-state index < -0.39 is 5.91 Å². The van der Waals surface area contributed by atoms with Crippen molar-refractivity contribution < 1.29 is 9.21 Å². The highest BCUT2D eigenvalue weighted by Crippen LogP contribution is 2.18. The van der Waals surface area contributed by atoms with Crippen molar-refractivity contribution in [3.8, 4) is 0 Å². The molecule has 96 valence electrons. The van der Waals surface area contributed by atoms with Crippen LogP contribution in [0.1, 0.15) is 27.6 Å². The largest absolute Gasteiger partial charge is 0.456 e. The number of nitrogens with zero attached hydrogens (tertiary/aromatic N) is 2. The second-order valence-corrected chi connectivity index (χ2v) is 4.33. The zero-order valence-corrected chi connectivity index (χ0v) is 10.8. The van der Waals surface area contributed by atoms with Gasteiger partial charge in [0.2, 0.25) is 0 Å². The van der Waals surface area contributed by atoms with E-state index in [2.05, 4.69) is 5.10 Å². The Morgan fingerprint density at radius 1 is 1.61 bits per heavy atom. The number of hydrogen-bond acceptors (Lipinski definition) is 4. The quantitative estimate of drug-likeness (QED) is 0.500. The average Bonchev–Trinajstić information content (AvgIpc) is 2.83. The SMILES string of the molecule is Cc1nn(Cc2cc(C(=O)NN)oc2C)cc1Cl. The van der Waals surface area contributed by atoms with Crippen LogP contribution in [0.15, 0.2) is 16.7 Å². The molecule has 0 atom stereocenters. The highest BCUT2D eigenvalue weighted by atomic mass is 35.5. The first-order valence-electron chi connectivity index (χ1n) is 5.31. The number of carbonyl (C=O) groups is 1. The molecule has 2 heterocycles. The van der Waals surface area contributed by atoms with Crippen LogP contribution in [0.25, 0.3) is 0 Å². The fraction of sp³-hybridized carbons (Fsp3) is 0.273. The minimum Gasteiger partial charge on any atom is -0.456 e. The van der Waals surface area contributed by atoms with Crippen LogP contribution in [-0.4, -0.2) is 15.7 Å². The second kappa shape index (κ2) is 4.83. The summed E-state index contributed by atoms with van der Waals surface area (Å²) in [5.41, 5.74) is 3.64. The minimum absolute atomic E-state index is 0.181. The number of carbonyl (C=O) groups excluding carboxylic acids is 1. The molecule has 0 radical (unpaired) electrons. The van der Waals surface area contributed by atoms with Crippen molar-refractivity contribution in [3.05, 3.63) is 40.1 Å². The maximum Gasteiger partial charge on any atom is 0.300 e. The zero-order chi connectivity index (χ0) is 13.3. The van der Waals surface area contributed by atoms with E-state index in [0.29, 0.717) is 17.3 Å². The molecule has 2 aromatic heterocycles. The second-order valence-electron chi connectivity index (χ2n) is 3.93. The van der Waals surface area contributed by atoms with Gasteiger partial charge in [-0.2, -0.15) is 5.10 Å². The predicted octanol–water partition coefficient (Wildman–Crippen LogP) is 1.40. The number of halogens is 1. The van der Waals surface area contributed by atoms with Crippen molar-refractivity contribution in [2.24, 2.45) is 5.84 Å². The lowest BCUT2D eigenvalue weighted by atomic mass is 10.2. The van der Waals surface area contributed by atoms with Gasteiger partial charge >= 0.3 is 5.91 Å². The predicted molar refractivity (Wildman–Crippen MR) is 66.2 cm³/mol. The number of nitrogens with one attached hydrogen (secondary N) is 1. The van der Waals surface area contributed by atoms with Gasteiger partial charge in [-0.15, -0.1) is 0 Å². The summed E-state index contributed by atoms with van der Waals surface area (Å²) in [7, 11) is 0. The Bertz CT molecular complexity index is 568. The number of hydrazine groups is 1. The minimum atomic E-state index is -0.459. The van der Waals surface area contributed by atoms with Crippen LogP contribution in [-0.2, 0) is 6.54 Å². The summed E-state index contributed by atoms with van der Waals surface area (Å²) in [6, 6.07) is 1.64. The molecule has 1 amide bonds.